The predicted molar refractivity (Wildman–Crippen MR) is 77.7 cm³/mol. The van der Waals surface area contributed by atoms with Gasteiger partial charge in [-0.25, -0.2) is 8.42 Å². The fraction of sp³-hybridized carbons (Fsp3) is 0.286. The van der Waals surface area contributed by atoms with Crippen molar-refractivity contribution in [3.05, 3.63) is 47.4 Å². The average molecular weight is 294 g/mol. The topological polar surface area (TPSA) is 76.5 Å². The lowest BCUT2D eigenvalue weighted by atomic mass is 10.2. The normalized spacial score (nSPS) is 12.0. The highest BCUT2D eigenvalue weighted by molar-refractivity contribution is 7.89. The minimum atomic E-state index is -3.58. The van der Waals surface area contributed by atoms with Crippen molar-refractivity contribution < 1.29 is 12.8 Å². The van der Waals surface area contributed by atoms with Crippen LogP contribution in [-0.2, 0) is 16.6 Å². The second-order valence-corrected chi connectivity index (χ2v) is 6.90. The Morgan fingerprint density at radius 3 is 2.45 bits per heavy atom. The number of rotatable bonds is 4. The Bertz CT molecular complexity index is 700. The SMILES string of the molecule is Cc1cc(N)cc(S(=O)(=O)N(C)Cc2ccc(C)o2)c1. The van der Waals surface area contributed by atoms with E-state index in [1.807, 2.05) is 13.8 Å². The summed E-state index contributed by atoms with van der Waals surface area (Å²) in [6, 6.07) is 8.38. The van der Waals surface area contributed by atoms with Gasteiger partial charge in [-0.15, -0.1) is 0 Å². The third kappa shape index (κ3) is 3.02. The van der Waals surface area contributed by atoms with Gasteiger partial charge in [0.2, 0.25) is 10.0 Å². The summed E-state index contributed by atoms with van der Waals surface area (Å²) in [6.45, 7) is 3.81. The summed E-state index contributed by atoms with van der Waals surface area (Å²) in [7, 11) is -2.06. The molecular weight excluding hydrogens is 276 g/mol. The summed E-state index contributed by atoms with van der Waals surface area (Å²) in [5.41, 5.74) is 6.96. The van der Waals surface area contributed by atoms with E-state index in [0.717, 1.165) is 11.3 Å². The van der Waals surface area contributed by atoms with Crippen LogP contribution in [0.1, 0.15) is 17.1 Å². The van der Waals surface area contributed by atoms with E-state index in [4.69, 9.17) is 10.2 Å². The first-order valence-electron chi connectivity index (χ1n) is 6.18. The number of nitrogen functional groups attached to an aromatic ring is 1. The van der Waals surface area contributed by atoms with Gasteiger partial charge < -0.3 is 10.2 Å². The number of furan rings is 1. The highest BCUT2D eigenvalue weighted by Crippen LogP contribution is 2.21. The highest BCUT2D eigenvalue weighted by Gasteiger charge is 2.22. The first-order valence-corrected chi connectivity index (χ1v) is 7.62. The van der Waals surface area contributed by atoms with Crippen molar-refractivity contribution in [1.29, 1.82) is 0 Å². The molecule has 0 aliphatic heterocycles. The Kier molecular flexibility index (Phi) is 3.87. The van der Waals surface area contributed by atoms with Crippen LogP contribution < -0.4 is 5.73 Å². The lowest BCUT2D eigenvalue weighted by Crippen LogP contribution is -2.26. The minimum absolute atomic E-state index is 0.185. The quantitative estimate of drug-likeness (QED) is 0.878. The summed E-state index contributed by atoms with van der Waals surface area (Å²) in [5.74, 6) is 1.36. The maximum atomic E-state index is 12.5. The van der Waals surface area contributed by atoms with Crippen LogP contribution in [0, 0.1) is 13.8 Å². The van der Waals surface area contributed by atoms with Gasteiger partial charge in [-0.1, -0.05) is 0 Å². The molecule has 6 heteroatoms. The number of hydrogen-bond acceptors (Lipinski definition) is 4. The van der Waals surface area contributed by atoms with E-state index in [1.165, 1.54) is 17.4 Å². The van der Waals surface area contributed by atoms with Crippen LogP contribution in [0.3, 0.4) is 0 Å². The maximum Gasteiger partial charge on any atom is 0.243 e. The van der Waals surface area contributed by atoms with E-state index in [2.05, 4.69) is 0 Å². The summed E-state index contributed by atoms with van der Waals surface area (Å²) >= 11 is 0. The van der Waals surface area contributed by atoms with Crippen molar-refractivity contribution in [2.24, 2.45) is 0 Å². The number of anilines is 1. The van der Waals surface area contributed by atoms with Crippen LogP contribution in [0.4, 0.5) is 5.69 Å². The second-order valence-electron chi connectivity index (χ2n) is 4.85. The molecule has 0 unspecified atom stereocenters. The molecule has 2 N–H and O–H groups in total. The smallest absolute Gasteiger partial charge is 0.243 e. The van der Waals surface area contributed by atoms with E-state index in [1.54, 1.807) is 24.3 Å². The highest BCUT2D eigenvalue weighted by atomic mass is 32.2. The van der Waals surface area contributed by atoms with Crippen LogP contribution in [0.5, 0.6) is 0 Å². The monoisotopic (exact) mass is 294 g/mol. The fourth-order valence-corrected chi connectivity index (χ4v) is 3.26. The number of hydrogen-bond donors (Lipinski definition) is 1. The molecule has 108 valence electrons. The van der Waals surface area contributed by atoms with Gasteiger partial charge in [0.25, 0.3) is 0 Å². The molecule has 0 atom stereocenters. The molecule has 1 heterocycles. The Hall–Kier alpha value is -1.79. The second kappa shape index (κ2) is 5.30. The molecule has 2 rings (SSSR count). The zero-order chi connectivity index (χ0) is 14.9. The van der Waals surface area contributed by atoms with Gasteiger partial charge in [-0.05, 0) is 49.7 Å². The molecule has 0 saturated carbocycles. The van der Waals surface area contributed by atoms with Gasteiger partial charge in [-0.3, -0.25) is 0 Å². The molecular formula is C14H18N2O3S. The average Bonchev–Trinajstić information content (AvgIpc) is 2.73. The zero-order valence-corrected chi connectivity index (χ0v) is 12.6. The van der Waals surface area contributed by atoms with Crippen LogP contribution in [0.2, 0.25) is 0 Å². The van der Waals surface area contributed by atoms with Crippen molar-refractivity contribution in [2.75, 3.05) is 12.8 Å². The fourth-order valence-electron chi connectivity index (χ4n) is 1.98. The van der Waals surface area contributed by atoms with Crippen molar-refractivity contribution in [3.8, 4) is 0 Å². The Morgan fingerprint density at radius 1 is 1.20 bits per heavy atom. The van der Waals surface area contributed by atoms with Gasteiger partial charge in [-0.2, -0.15) is 4.31 Å². The third-order valence-corrected chi connectivity index (χ3v) is 4.74. The number of sulfonamides is 1. The predicted octanol–water partition coefficient (Wildman–Crippen LogP) is 2.30. The molecule has 0 aliphatic carbocycles. The van der Waals surface area contributed by atoms with Crippen molar-refractivity contribution in [2.45, 2.75) is 25.3 Å². The van der Waals surface area contributed by atoms with Gasteiger partial charge in [0.05, 0.1) is 11.4 Å². The van der Waals surface area contributed by atoms with Crippen LogP contribution in [0.25, 0.3) is 0 Å². The molecule has 1 aromatic heterocycles. The van der Waals surface area contributed by atoms with Gasteiger partial charge in [0.1, 0.15) is 11.5 Å². The number of nitrogens with zero attached hydrogens (tertiary/aromatic N) is 1. The molecule has 0 bridgehead atoms. The first kappa shape index (κ1) is 14.6. The zero-order valence-electron chi connectivity index (χ0n) is 11.8. The Balaban J connectivity index is 2.29. The van der Waals surface area contributed by atoms with E-state index >= 15 is 0 Å². The van der Waals surface area contributed by atoms with Gasteiger partial charge in [0.15, 0.2) is 0 Å². The lowest BCUT2D eigenvalue weighted by molar-refractivity contribution is 0.397. The van der Waals surface area contributed by atoms with Crippen molar-refractivity contribution >= 4 is 15.7 Å². The standard InChI is InChI=1S/C14H18N2O3S/c1-10-6-12(15)8-14(7-10)20(17,18)16(3)9-13-5-4-11(2)19-13/h4-8H,9,15H2,1-3H3. The summed E-state index contributed by atoms with van der Waals surface area (Å²) in [5, 5.41) is 0. The van der Waals surface area contributed by atoms with E-state index in [0.29, 0.717) is 11.4 Å². The number of benzene rings is 1. The molecule has 0 fully saturated rings. The van der Waals surface area contributed by atoms with E-state index in [-0.39, 0.29) is 11.4 Å². The van der Waals surface area contributed by atoms with Crippen LogP contribution in [0.15, 0.2) is 39.6 Å². The molecule has 0 saturated heterocycles. The minimum Gasteiger partial charge on any atom is -0.465 e. The van der Waals surface area contributed by atoms with E-state index < -0.39 is 10.0 Å². The van der Waals surface area contributed by atoms with Crippen molar-refractivity contribution in [3.63, 3.8) is 0 Å². The summed E-state index contributed by atoms with van der Waals surface area (Å²) < 4.78 is 31.6. The first-order chi connectivity index (χ1) is 9.29. The van der Waals surface area contributed by atoms with Crippen molar-refractivity contribution in [1.82, 2.24) is 4.31 Å². The molecule has 0 amide bonds. The largest absolute Gasteiger partial charge is 0.465 e. The Labute approximate surface area is 119 Å². The molecule has 2 aromatic rings. The number of aryl methyl sites for hydroxylation is 2. The third-order valence-electron chi connectivity index (χ3n) is 2.96. The van der Waals surface area contributed by atoms with E-state index in [9.17, 15) is 8.42 Å². The maximum absolute atomic E-state index is 12.5. The van der Waals surface area contributed by atoms with Gasteiger partial charge >= 0.3 is 0 Å². The molecule has 0 radical (unpaired) electrons. The number of nitrogens with two attached hydrogens (primary N) is 1. The van der Waals surface area contributed by atoms with Gasteiger partial charge in [0, 0.05) is 12.7 Å². The van der Waals surface area contributed by atoms with Crippen LogP contribution in [-0.4, -0.2) is 19.8 Å². The molecule has 0 aliphatic rings. The molecule has 5 nitrogen and oxygen atoms in total. The molecule has 0 spiro atoms. The summed E-state index contributed by atoms with van der Waals surface area (Å²) in [6.07, 6.45) is 0. The summed E-state index contributed by atoms with van der Waals surface area (Å²) in [4.78, 5) is 0.195. The Morgan fingerprint density at radius 2 is 1.90 bits per heavy atom. The molecule has 20 heavy (non-hydrogen) atoms. The molecule has 1 aromatic carbocycles. The lowest BCUT2D eigenvalue weighted by Gasteiger charge is -2.16. The van der Waals surface area contributed by atoms with Crippen LogP contribution >= 0.6 is 0 Å².